The van der Waals surface area contributed by atoms with Crippen molar-refractivity contribution in [2.75, 3.05) is 19.0 Å². The molecule has 0 aromatic carbocycles. The Hall–Kier alpha value is -2.00. The van der Waals surface area contributed by atoms with E-state index in [1.165, 1.54) is 25.4 Å². The Kier molecular flexibility index (Phi) is 6.07. The van der Waals surface area contributed by atoms with E-state index in [9.17, 15) is 14.4 Å². The lowest BCUT2D eigenvalue weighted by molar-refractivity contribution is -0.141. The van der Waals surface area contributed by atoms with E-state index >= 15 is 0 Å². The SMILES string of the molecule is COCC(=O)Nc1nc(CC(=O)NC(C)C(=O)O)cs1. The van der Waals surface area contributed by atoms with E-state index in [2.05, 4.69) is 20.4 Å². The van der Waals surface area contributed by atoms with Crippen LogP contribution >= 0.6 is 11.3 Å². The summed E-state index contributed by atoms with van der Waals surface area (Å²) in [5, 5.41) is 15.5. The molecule has 0 saturated heterocycles. The molecule has 0 aliphatic heterocycles. The maximum Gasteiger partial charge on any atom is 0.325 e. The molecule has 0 bridgehead atoms. The quantitative estimate of drug-likeness (QED) is 0.645. The van der Waals surface area contributed by atoms with Crippen LogP contribution in [-0.2, 0) is 25.5 Å². The summed E-state index contributed by atoms with van der Waals surface area (Å²) in [5.74, 6) is -1.89. The number of hydrogen-bond acceptors (Lipinski definition) is 6. The van der Waals surface area contributed by atoms with Crippen molar-refractivity contribution in [2.45, 2.75) is 19.4 Å². The number of carboxylic acids is 1. The third-order valence-electron chi connectivity index (χ3n) is 2.16. The Morgan fingerprint density at radius 1 is 1.45 bits per heavy atom. The number of carboxylic acid groups (broad SMARTS) is 1. The molecule has 1 aromatic rings. The lowest BCUT2D eigenvalue weighted by atomic mass is 10.3. The van der Waals surface area contributed by atoms with Crippen molar-refractivity contribution in [3.8, 4) is 0 Å². The maximum atomic E-state index is 11.5. The van der Waals surface area contributed by atoms with Crippen LogP contribution < -0.4 is 10.6 Å². The van der Waals surface area contributed by atoms with Crippen LogP contribution in [0.1, 0.15) is 12.6 Å². The fourth-order valence-electron chi connectivity index (χ4n) is 1.25. The first kappa shape index (κ1) is 16.1. The molecular weight excluding hydrogens is 286 g/mol. The molecule has 8 nitrogen and oxygen atoms in total. The molecule has 1 heterocycles. The largest absolute Gasteiger partial charge is 0.480 e. The van der Waals surface area contributed by atoms with Crippen LogP contribution in [0, 0.1) is 0 Å². The molecule has 1 unspecified atom stereocenters. The van der Waals surface area contributed by atoms with Gasteiger partial charge in [0, 0.05) is 12.5 Å². The van der Waals surface area contributed by atoms with E-state index in [0.717, 1.165) is 0 Å². The van der Waals surface area contributed by atoms with Crippen LogP contribution in [0.5, 0.6) is 0 Å². The number of carbonyl (C=O) groups excluding carboxylic acids is 2. The summed E-state index contributed by atoms with van der Waals surface area (Å²) in [6, 6.07) is -0.956. The molecule has 20 heavy (non-hydrogen) atoms. The lowest BCUT2D eigenvalue weighted by Gasteiger charge is -2.07. The fraction of sp³-hybridized carbons (Fsp3) is 0.455. The molecule has 2 amide bonds. The Labute approximate surface area is 119 Å². The summed E-state index contributed by atoms with van der Waals surface area (Å²) in [4.78, 5) is 37.4. The molecule has 0 saturated carbocycles. The number of rotatable bonds is 7. The minimum absolute atomic E-state index is 0.0474. The average Bonchev–Trinajstić information content (AvgIpc) is 2.76. The highest BCUT2D eigenvalue weighted by Crippen LogP contribution is 2.15. The van der Waals surface area contributed by atoms with Crippen molar-refractivity contribution in [3.05, 3.63) is 11.1 Å². The van der Waals surface area contributed by atoms with Crippen molar-refractivity contribution < 1.29 is 24.2 Å². The van der Waals surface area contributed by atoms with Crippen LogP contribution in [0.3, 0.4) is 0 Å². The van der Waals surface area contributed by atoms with E-state index in [0.29, 0.717) is 10.8 Å². The second kappa shape index (κ2) is 7.56. The number of nitrogens with one attached hydrogen (secondary N) is 2. The van der Waals surface area contributed by atoms with Gasteiger partial charge >= 0.3 is 5.97 Å². The summed E-state index contributed by atoms with van der Waals surface area (Å²) in [7, 11) is 1.40. The molecule has 1 rings (SSSR count). The predicted octanol–water partition coefficient (Wildman–Crippen LogP) is -0.140. The van der Waals surface area contributed by atoms with E-state index in [-0.39, 0.29) is 18.9 Å². The van der Waals surface area contributed by atoms with Crippen molar-refractivity contribution >= 4 is 34.3 Å². The molecule has 0 radical (unpaired) electrons. The first-order chi connectivity index (χ1) is 9.42. The van der Waals surface area contributed by atoms with Gasteiger partial charge in [-0.05, 0) is 6.92 Å². The fourth-order valence-corrected chi connectivity index (χ4v) is 1.98. The van der Waals surface area contributed by atoms with Gasteiger partial charge in [0.1, 0.15) is 12.6 Å². The number of amides is 2. The standard InChI is InChI=1S/C11H15N3O5S/c1-6(10(17)18)12-8(15)3-7-5-20-11(13-7)14-9(16)4-19-2/h5-6H,3-4H2,1-2H3,(H,12,15)(H,17,18)(H,13,14,16). The van der Waals surface area contributed by atoms with Gasteiger partial charge in [0.05, 0.1) is 12.1 Å². The monoisotopic (exact) mass is 301 g/mol. The Morgan fingerprint density at radius 2 is 2.15 bits per heavy atom. The number of ether oxygens (including phenoxy) is 1. The molecule has 110 valence electrons. The highest BCUT2D eigenvalue weighted by Gasteiger charge is 2.15. The van der Waals surface area contributed by atoms with Crippen molar-refractivity contribution in [1.29, 1.82) is 0 Å². The van der Waals surface area contributed by atoms with Gasteiger partial charge in [-0.25, -0.2) is 4.98 Å². The van der Waals surface area contributed by atoms with Gasteiger partial charge in [-0.15, -0.1) is 11.3 Å². The number of aromatic nitrogens is 1. The zero-order valence-corrected chi connectivity index (χ0v) is 11.8. The number of methoxy groups -OCH3 is 1. The molecule has 0 aliphatic rings. The Balaban J connectivity index is 2.49. The smallest absolute Gasteiger partial charge is 0.325 e. The second-order valence-corrected chi connectivity index (χ2v) is 4.79. The normalized spacial score (nSPS) is 11.7. The van der Waals surface area contributed by atoms with Crippen LogP contribution in [-0.4, -0.2) is 47.6 Å². The summed E-state index contributed by atoms with van der Waals surface area (Å²) < 4.78 is 4.66. The second-order valence-electron chi connectivity index (χ2n) is 3.93. The third-order valence-corrected chi connectivity index (χ3v) is 2.97. The number of anilines is 1. The number of aliphatic carboxylic acids is 1. The molecule has 9 heteroatoms. The lowest BCUT2D eigenvalue weighted by Crippen LogP contribution is -2.39. The Bertz CT molecular complexity index is 502. The minimum atomic E-state index is -1.11. The zero-order chi connectivity index (χ0) is 15.1. The van der Waals surface area contributed by atoms with Crippen LogP contribution in [0.4, 0.5) is 5.13 Å². The predicted molar refractivity (Wildman–Crippen MR) is 71.6 cm³/mol. The van der Waals surface area contributed by atoms with Gasteiger partial charge < -0.3 is 15.2 Å². The van der Waals surface area contributed by atoms with Gasteiger partial charge in [0.15, 0.2) is 5.13 Å². The van der Waals surface area contributed by atoms with Gasteiger partial charge in [-0.2, -0.15) is 0 Å². The Morgan fingerprint density at radius 3 is 2.75 bits per heavy atom. The number of thiazole rings is 1. The van der Waals surface area contributed by atoms with Gasteiger partial charge in [-0.3, -0.25) is 19.7 Å². The zero-order valence-electron chi connectivity index (χ0n) is 11.0. The third kappa shape index (κ3) is 5.33. The molecule has 0 spiro atoms. The molecule has 0 fully saturated rings. The maximum absolute atomic E-state index is 11.5. The summed E-state index contributed by atoms with van der Waals surface area (Å²) >= 11 is 1.18. The topological polar surface area (TPSA) is 118 Å². The van der Waals surface area contributed by atoms with Crippen LogP contribution in [0.15, 0.2) is 5.38 Å². The van der Waals surface area contributed by atoms with E-state index in [1.54, 1.807) is 5.38 Å². The van der Waals surface area contributed by atoms with Crippen molar-refractivity contribution in [1.82, 2.24) is 10.3 Å². The average molecular weight is 301 g/mol. The number of carbonyl (C=O) groups is 3. The molecule has 1 aromatic heterocycles. The van der Waals surface area contributed by atoms with Crippen molar-refractivity contribution in [3.63, 3.8) is 0 Å². The first-order valence-electron chi connectivity index (χ1n) is 5.67. The highest BCUT2D eigenvalue weighted by atomic mass is 32.1. The van der Waals surface area contributed by atoms with E-state index in [1.807, 2.05) is 0 Å². The van der Waals surface area contributed by atoms with Gasteiger partial charge in [0.25, 0.3) is 5.91 Å². The van der Waals surface area contributed by atoms with Gasteiger partial charge in [-0.1, -0.05) is 0 Å². The van der Waals surface area contributed by atoms with E-state index < -0.39 is 17.9 Å². The summed E-state index contributed by atoms with van der Waals surface area (Å²) in [6.45, 7) is 1.29. The van der Waals surface area contributed by atoms with Crippen LogP contribution in [0.2, 0.25) is 0 Å². The number of nitrogens with zero attached hydrogens (tertiary/aromatic N) is 1. The first-order valence-corrected chi connectivity index (χ1v) is 6.55. The van der Waals surface area contributed by atoms with Crippen molar-refractivity contribution in [2.24, 2.45) is 0 Å². The summed E-state index contributed by atoms with van der Waals surface area (Å²) in [6.07, 6.45) is -0.0474. The highest BCUT2D eigenvalue weighted by molar-refractivity contribution is 7.13. The number of hydrogen-bond donors (Lipinski definition) is 3. The van der Waals surface area contributed by atoms with Crippen LogP contribution in [0.25, 0.3) is 0 Å². The molecule has 1 atom stereocenters. The molecule has 0 aliphatic carbocycles. The summed E-state index contributed by atoms with van der Waals surface area (Å²) in [5.41, 5.74) is 0.456. The van der Waals surface area contributed by atoms with E-state index in [4.69, 9.17) is 5.11 Å². The van der Waals surface area contributed by atoms with Gasteiger partial charge in [0.2, 0.25) is 5.91 Å². The molecule has 3 N–H and O–H groups in total. The minimum Gasteiger partial charge on any atom is -0.480 e. The molecular formula is C11H15N3O5S.